The Morgan fingerprint density at radius 1 is 1.06 bits per heavy atom. The van der Waals surface area contributed by atoms with Gasteiger partial charge in [0.25, 0.3) is 0 Å². The first kappa shape index (κ1) is 24.1. The van der Waals surface area contributed by atoms with Gasteiger partial charge in [0, 0.05) is 52.6 Å². The molecule has 36 heavy (non-hydrogen) atoms. The van der Waals surface area contributed by atoms with Crippen LogP contribution in [0, 0.1) is 5.41 Å². The molecule has 2 N–H and O–H groups in total. The van der Waals surface area contributed by atoms with Crippen LogP contribution in [-0.2, 0) is 4.79 Å². The van der Waals surface area contributed by atoms with E-state index in [0.29, 0.717) is 28.1 Å². The number of aromatic nitrogens is 4. The van der Waals surface area contributed by atoms with E-state index < -0.39 is 0 Å². The largest absolute Gasteiger partial charge is 0.436 e. The molecule has 0 spiro atoms. The van der Waals surface area contributed by atoms with E-state index in [1.165, 1.54) is 0 Å². The number of carbonyl (C=O) groups is 1. The fourth-order valence-electron chi connectivity index (χ4n) is 4.47. The lowest BCUT2D eigenvalue weighted by Gasteiger charge is -2.35. The Morgan fingerprint density at radius 3 is 2.56 bits per heavy atom. The zero-order chi connectivity index (χ0) is 25.4. The van der Waals surface area contributed by atoms with Crippen molar-refractivity contribution in [3.05, 3.63) is 60.1 Å². The summed E-state index contributed by atoms with van der Waals surface area (Å²) in [6.07, 6.45) is 8.98. The first-order valence-electron chi connectivity index (χ1n) is 12.0. The van der Waals surface area contributed by atoms with Crippen molar-refractivity contribution in [2.24, 2.45) is 5.41 Å². The highest BCUT2D eigenvalue weighted by Gasteiger charge is 2.31. The van der Waals surface area contributed by atoms with Gasteiger partial charge < -0.3 is 15.1 Å². The van der Waals surface area contributed by atoms with Crippen LogP contribution in [0.4, 0.5) is 5.82 Å². The third-order valence-electron chi connectivity index (χ3n) is 6.47. The minimum Gasteiger partial charge on any atom is -0.436 e. The Labute approximate surface area is 215 Å². The number of nitrogens with zero attached hydrogens (tertiary/aromatic N) is 5. The van der Waals surface area contributed by atoms with E-state index in [0.717, 1.165) is 42.6 Å². The molecule has 9 heteroatoms. The maximum Gasteiger partial charge on any atom is 0.230 e. The van der Waals surface area contributed by atoms with Gasteiger partial charge in [0.2, 0.25) is 11.8 Å². The quantitative estimate of drug-likeness (QED) is 0.381. The number of hydrogen-bond acceptors (Lipinski definition) is 6. The summed E-state index contributed by atoms with van der Waals surface area (Å²) in [7, 11) is 0. The fraction of sp³-hybridized carbons (Fsp3) is 0.333. The summed E-state index contributed by atoms with van der Waals surface area (Å²) in [4.78, 5) is 23.4. The van der Waals surface area contributed by atoms with Gasteiger partial charge in [0.05, 0.1) is 24.0 Å². The van der Waals surface area contributed by atoms with Gasteiger partial charge in [-0.2, -0.15) is 5.10 Å². The normalized spacial score (nSPS) is 14.8. The second-order valence-electron chi connectivity index (χ2n) is 10.2. The molecule has 3 aromatic heterocycles. The molecule has 1 aliphatic heterocycles. The van der Waals surface area contributed by atoms with Crippen molar-refractivity contribution in [3.63, 3.8) is 0 Å². The molecule has 0 atom stereocenters. The predicted octanol–water partition coefficient (Wildman–Crippen LogP) is 5.71. The highest BCUT2D eigenvalue weighted by atomic mass is 35.5. The second kappa shape index (κ2) is 9.43. The standard InChI is InChI=1S/C27H29ClN6O2/c1-27(2,3)26(35)33-9-7-21(8-10-33)34-16-19(14-32-34)18-12-22(24(29)30-13-18)25-31-15-23(36-25)17-5-4-6-20(28)11-17/h4-6,11-16,21H,7-10H2,1-3H3,(H2,29,30). The number of nitrogen functional groups attached to an aromatic ring is 1. The van der Waals surface area contributed by atoms with Gasteiger partial charge in [-0.15, -0.1) is 0 Å². The smallest absolute Gasteiger partial charge is 0.230 e. The zero-order valence-corrected chi connectivity index (χ0v) is 21.4. The minimum atomic E-state index is -0.358. The molecule has 186 valence electrons. The van der Waals surface area contributed by atoms with E-state index in [1.807, 2.05) is 73.1 Å². The third kappa shape index (κ3) is 4.86. The number of piperidine rings is 1. The van der Waals surface area contributed by atoms with Crippen molar-refractivity contribution in [3.8, 4) is 33.9 Å². The van der Waals surface area contributed by atoms with Crippen molar-refractivity contribution >= 4 is 23.3 Å². The highest BCUT2D eigenvalue weighted by molar-refractivity contribution is 6.30. The summed E-state index contributed by atoms with van der Waals surface area (Å²) in [5.41, 5.74) is 9.06. The average molecular weight is 505 g/mol. The molecule has 1 fully saturated rings. The van der Waals surface area contributed by atoms with E-state index in [-0.39, 0.29) is 17.4 Å². The van der Waals surface area contributed by atoms with Crippen LogP contribution in [0.1, 0.15) is 39.7 Å². The fourth-order valence-corrected chi connectivity index (χ4v) is 4.66. The Balaban J connectivity index is 1.33. The van der Waals surface area contributed by atoms with Crippen LogP contribution in [0.5, 0.6) is 0 Å². The third-order valence-corrected chi connectivity index (χ3v) is 6.70. The molecule has 4 heterocycles. The van der Waals surface area contributed by atoms with Gasteiger partial charge >= 0.3 is 0 Å². The Morgan fingerprint density at radius 2 is 1.83 bits per heavy atom. The van der Waals surface area contributed by atoms with Crippen LogP contribution in [0.25, 0.3) is 33.9 Å². The van der Waals surface area contributed by atoms with Crippen LogP contribution in [0.2, 0.25) is 5.02 Å². The van der Waals surface area contributed by atoms with Gasteiger partial charge in [-0.3, -0.25) is 9.48 Å². The number of pyridine rings is 1. The Bertz CT molecular complexity index is 1400. The number of halogens is 1. The van der Waals surface area contributed by atoms with E-state index in [2.05, 4.69) is 15.1 Å². The number of hydrogen-bond donors (Lipinski definition) is 1. The molecule has 1 amide bonds. The highest BCUT2D eigenvalue weighted by Crippen LogP contribution is 2.33. The zero-order valence-electron chi connectivity index (χ0n) is 20.6. The maximum atomic E-state index is 12.6. The van der Waals surface area contributed by atoms with Gasteiger partial charge in [0.1, 0.15) is 5.82 Å². The molecule has 1 saturated heterocycles. The van der Waals surface area contributed by atoms with E-state index >= 15 is 0 Å². The molecular formula is C27H29ClN6O2. The number of nitrogens with two attached hydrogens (primary N) is 1. The molecule has 1 aromatic carbocycles. The summed E-state index contributed by atoms with van der Waals surface area (Å²) in [6, 6.07) is 9.56. The molecule has 8 nitrogen and oxygen atoms in total. The lowest BCUT2D eigenvalue weighted by atomic mass is 9.93. The van der Waals surface area contributed by atoms with Crippen molar-refractivity contribution in [1.82, 2.24) is 24.6 Å². The van der Waals surface area contributed by atoms with Crippen molar-refractivity contribution in [2.45, 2.75) is 39.7 Å². The first-order valence-corrected chi connectivity index (χ1v) is 12.4. The minimum absolute atomic E-state index is 0.202. The number of rotatable bonds is 4. The molecule has 0 radical (unpaired) electrons. The number of anilines is 1. The number of benzene rings is 1. The second-order valence-corrected chi connectivity index (χ2v) is 10.6. The molecular weight excluding hydrogens is 476 g/mol. The molecule has 0 bridgehead atoms. The summed E-state index contributed by atoms with van der Waals surface area (Å²) in [6.45, 7) is 7.37. The van der Waals surface area contributed by atoms with Crippen LogP contribution < -0.4 is 5.73 Å². The summed E-state index contributed by atoms with van der Waals surface area (Å²) >= 11 is 6.11. The van der Waals surface area contributed by atoms with Crippen molar-refractivity contribution < 1.29 is 9.21 Å². The molecule has 0 unspecified atom stereocenters. The van der Waals surface area contributed by atoms with Crippen LogP contribution in [0.15, 0.2) is 59.5 Å². The first-order chi connectivity index (χ1) is 17.2. The molecule has 5 rings (SSSR count). The van der Waals surface area contributed by atoms with Gasteiger partial charge in [0.15, 0.2) is 5.76 Å². The van der Waals surface area contributed by atoms with Crippen LogP contribution in [0.3, 0.4) is 0 Å². The van der Waals surface area contributed by atoms with E-state index in [9.17, 15) is 4.79 Å². The number of likely N-dealkylation sites (tertiary alicyclic amines) is 1. The number of oxazole rings is 1. The number of amides is 1. The lowest BCUT2D eigenvalue weighted by Crippen LogP contribution is -2.44. The van der Waals surface area contributed by atoms with Crippen molar-refractivity contribution in [2.75, 3.05) is 18.8 Å². The Kier molecular flexibility index (Phi) is 6.30. The lowest BCUT2D eigenvalue weighted by molar-refractivity contribution is -0.140. The summed E-state index contributed by atoms with van der Waals surface area (Å²) < 4.78 is 7.99. The maximum absolute atomic E-state index is 12.6. The number of carbonyl (C=O) groups excluding carboxylic acids is 1. The predicted molar refractivity (Wildman–Crippen MR) is 140 cm³/mol. The summed E-state index contributed by atoms with van der Waals surface area (Å²) in [5.74, 6) is 1.52. The monoisotopic (exact) mass is 504 g/mol. The topological polar surface area (TPSA) is 103 Å². The molecule has 1 aliphatic rings. The molecule has 0 aliphatic carbocycles. The van der Waals surface area contributed by atoms with Crippen LogP contribution in [-0.4, -0.2) is 43.6 Å². The van der Waals surface area contributed by atoms with E-state index in [1.54, 1.807) is 12.4 Å². The molecule has 4 aromatic rings. The van der Waals surface area contributed by atoms with Crippen molar-refractivity contribution in [1.29, 1.82) is 0 Å². The average Bonchev–Trinajstić information content (AvgIpc) is 3.54. The van der Waals surface area contributed by atoms with Gasteiger partial charge in [-0.05, 0) is 31.0 Å². The summed E-state index contributed by atoms with van der Waals surface area (Å²) in [5, 5.41) is 5.24. The Hall–Kier alpha value is -3.65. The van der Waals surface area contributed by atoms with E-state index in [4.69, 9.17) is 21.8 Å². The van der Waals surface area contributed by atoms with Crippen LogP contribution >= 0.6 is 11.6 Å². The van der Waals surface area contributed by atoms with Gasteiger partial charge in [-0.1, -0.05) is 44.5 Å². The SMILES string of the molecule is CC(C)(C)C(=O)N1CCC(n2cc(-c3cnc(N)c(-c4ncc(-c5cccc(Cl)c5)o4)c3)cn2)CC1. The van der Waals surface area contributed by atoms with Gasteiger partial charge in [-0.25, -0.2) is 9.97 Å². The molecule has 0 saturated carbocycles.